The lowest BCUT2D eigenvalue weighted by Gasteiger charge is -1.82. The smallest absolute Gasteiger partial charge is 0.00886 e. The standard InChI is InChI=1S/C9H15/c1-3-5-7-9-8-6-4-2/h1,3-7H2,2H3. The SMILES string of the molecule is [CH2]CCCC#CCCC. The molecule has 0 aliphatic rings. The molecular formula is C9H15. The first-order valence-electron chi connectivity index (χ1n) is 3.66. The fourth-order valence-corrected chi connectivity index (χ4v) is 0.515. The summed E-state index contributed by atoms with van der Waals surface area (Å²) in [6, 6.07) is 0. The lowest BCUT2D eigenvalue weighted by molar-refractivity contribution is 0.880. The van der Waals surface area contributed by atoms with Crippen molar-refractivity contribution in [1.82, 2.24) is 0 Å². The zero-order valence-corrected chi connectivity index (χ0v) is 6.24. The number of hydrogen-bond donors (Lipinski definition) is 0. The van der Waals surface area contributed by atoms with Gasteiger partial charge in [0.1, 0.15) is 0 Å². The highest BCUT2D eigenvalue weighted by atomic mass is 13.8. The molecule has 0 aromatic carbocycles. The van der Waals surface area contributed by atoms with Crippen LogP contribution >= 0.6 is 0 Å². The Morgan fingerprint density at radius 3 is 2.44 bits per heavy atom. The quantitative estimate of drug-likeness (QED) is 0.400. The summed E-state index contributed by atoms with van der Waals surface area (Å²) in [5, 5.41) is 0. The third-order valence-electron chi connectivity index (χ3n) is 1.05. The lowest BCUT2D eigenvalue weighted by atomic mass is 10.2. The highest BCUT2D eigenvalue weighted by Crippen LogP contribution is 1.90. The molecule has 0 saturated heterocycles. The maximum atomic E-state index is 3.74. The van der Waals surface area contributed by atoms with Gasteiger partial charge in [-0.25, -0.2) is 0 Å². The first-order valence-corrected chi connectivity index (χ1v) is 3.66. The van der Waals surface area contributed by atoms with E-state index < -0.39 is 0 Å². The summed E-state index contributed by atoms with van der Waals surface area (Å²) in [5.41, 5.74) is 0. The summed E-state index contributed by atoms with van der Waals surface area (Å²) >= 11 is 0. The molecule has 51 valence electrons. The Kier molecular flexibility index (Phi) is 7.19. The van der Waals surface area contributed by atoms with Crippen molar-refractivity contribution in [3.8, 4) is 11.8 Å². The molecule has 0 aromatic heterocycles. The maximum Gasteiger partial charge on any atom is 0.00886 e. The number of hydrogen-bond acceptors (Lipinski definition) is 0. The minimum atomic E-state index is 1.01. The number of unbranched alkanes of at least 4 members (excludes halogenated alkanes) is 3. The minimum absolute atomic E-state index is 1.01. The van der Waals surface area contributed by atoms with Gasteiger partial charge in [0.05, 0.1) is 0 Å². The average Bonchev–Trinajstić information content (AvgIpc) is 1.89. The summed E-state index contributed by atoms with van der Waals surface area (Å²) in [5.74, 6) is 6.19. The summed E-state index contributed by atoms with van der Waals surface area (Å²) in [4.78, 5) is 0. The maximum absolute atomic E-state index is 3.74. The van der Waals surface area contributed by atoms with Crippen molar-refractivity contribution in [1.29, 1.82) is 0 Å². The van der Waals surface area contributed by atoms with Crippen molar-refractivity contribution >= 4 is 0 Å². The van der Waals surface area contributed by atoms with Crippen LogP contribution in [0, 0.1) is 18.8 Å². The topological polar surface area (TPSA) is 0 Å². The van der Waals surface area contributed by atoms with E-state index in [1.807, 2.05) is 0 Å². The summed E-state index contributed by atoms with van der Waals surface area (Å²) in [6.07, 6.45) is 5.43. The second kappa shape index (κ2) is 7.56. The van der Waals surface area contributed by atoms with Gasteiger partial charge in [-0.05, 0) is 12.8 Å². The van der Waals surface area contributed by atoms with Gasteiger partial charge in [-0.3, -0.25) is 0 Å². The van der Waals surface area contributed by atoms with Crippen LogP contribution in [0.25, 0.3) is 0 Å². The first-order chi connectivity index (χ1) is 4.41. The molecule has 0 N–H and O–H groups in total. The van der Waals surface area contributed by atoms with Crippen LogP contribution in [-0.4, -0.2) is 0 Å². The molecule has 0 rings (SSSR count). The fraction of sp³-hybridized carbons (Fsp3) is 0.667. The van der Waals surface area contributed by atoms with Crippen LogP contribution in [0.1, 0.15) is 39.0 Å². The van der Waals surface area contributed by atoms with Gasteiger partial charge < -0.3 is 0 Å². The molecule has 0 aromatic rings. The second-order valence-electron chi connectivity index (χ2n) is 2.06. The summed E-state index contributed by atoms with van der Waals surface area (Å²) in [6.45, 7) is 5.88. The van der Waals surface area contributed by atoms with Gasteiger partial charge in [0, 0.05) is 12.8 Å². The largest absolute Gasteiger partial charge is 0.103 e. The minimum Gasteiger partial charge on any atom is -0.103 e. The Bertz CT molecular complexity index is 92.3. The predicted molar refractivity (Wildman–Crippen MR) is 41.9 cm³/mol. The van der Waals surface area contributed by atoms with Crippen molar-refractivity contribution in [2.45, 2.75) is 39.0 Å². The second-order valence-corrected chi connectivity index (χ2v) is 2.06. The Morgan fingerprint density at radius 1 is 1.22 bits per heavy atom. The van der Waals surface area contributed by atoms with E-state index in [2.05, 4.69) is 25.7 Å². The third-order valence-corrected chi connectivity index (χ3v) is 1.05. The Balaban J connectivity index is 2.96. The van der Waals surface area contributed by atoms with Crippen LogP contribution < -0.4 is 0 Å². The zero-order chi connectivity index (χ0) is 6.95. The van der Waals surface area contributed by atoms with Crippen LogP contribution in [0.3, 0.4) is 0 Å². The van der Waals surface area contributed by atoms with Crippen LogP contribution in [-0.2, 0) is 0 Å². The van der Waals surface area contributed by atoms with E-state index in [9.17, 15) is 0 Å². The Hall–Kier alpha value is -0.440. The molecule has 9 heavy (non-hydrogen) atoms. The van der Waals surface area contributed by atoms with Gasteiger partial charge in [0.2, 0.25) is 0 Å². The molecule has 0 unspecified atom stereocenters. The molecule has 0 heteroatoms. The molecule has 0 fully saturated rings. The van der Waals surface area contributed by atoms with E-state index in [0.29, 0.717) is 0 Å². The fourth-order valence-electron chi connectivity index (χ4n) is 0.515. The monoisotopic (exact) mass is 123 g/mol. The molecule has 0 aliphatic carbocycles. The molecular weight excluding hydrogens is 108 g/mol. The summed E-state index contributed by atoms with van der Waals surface area (Å²) in [7, 11) is 0. The molecule has 1 radical (unpaired) electrons. The van der Waals surface area contributed by atoms with Gasteiger partial charge in [0.25, 0.3) is 0 Å². The van der Waals surface area contributed by atoms with Gasteiger partial charge >= 0.3 is 0 Å². The van der Waals surface area contributed by atoms with Crippen molar-refractivity contribution in [3.63, 3.8) is 0 Å². The van der Waals surface area contributed by atoms with E-state index in [4.69, 9.17) is 0 Å². The summed E-state index contributed by atoms with van der Waals surface area (Å²) < 4.78 is 0. The predicted octanol–water partition coefficient (Wildman–Crippen LogP) is 2.79. The van der Waals surface area contributed by atoms with Gasteiger partial charge in [-0.2, -0.15) is 0 Å². The molecule has 0 aliphatic heterocycles. The van der Waals surface area contributed by atoms with Crippen molar-refractivity contribution in [2.24, 2.45) is 0 Å². The van der Waals surface area contributed by atoms with E-state index in [1.165, 1.54) is 6.42 Å². The van der Waals surface area contributed by atoms with Gasteiger partial charge in [-0.15, -0.1) is 11.8 Å². The molecule has 0 saturated carbocycles. The van der Waals surface area contributed by atoms with E-state index in [0.717, 1.165) is 25.7 Å². The van der Waals surface area contributed by atoms with Crippen LogP contribution in [0.15, 0.2) is 0 Å². The molecule has 0 nitrogen and oxygen atoms in total. The van der Waals surface area contributed by atoms with E-state index >= 15 is 0 Å². The highest BCUT2D eigenvalue weighted by molar-refractivity contribution is 4.98. The number of rotatable bonds is 3. The first kappa shape index (κ1) is 8.56. The van der Waals surface area contributed by atoms with Crippen molar-refractivity contribution in [2.75, 3.05) is 0 Å². The van der Waals surface area contributed by atoms with Crippen LogP contribution in [0.5, 0.6) is 0 Å². The molecule has 0 spiro atoms. The van der Waals surface area contributed by atoms with Crippen LogP contribution in [0.4, 0.5) is 0 Å². The van der Waals surface area contributed by atoms with Crippen molar-refractivity contribution < 1.29 is 0 Å². The molecule has 0 amide bonds. The Morgan fingerprint density at radius 2 is 1.89 bits per heavy atom. The van der Waals surface area contributed by atoms with Crippen molar-refractivity contribution in [3.05, 3.63) is 6.92 Å². The van der Waals surface area contributed by atoms with Gasteiger partial charge in [0.15, 0.2) is 0 Å². The van der Waals surface area contributed by atoms with E-state index in [1.54, 1.807) is 0 Å². The van der Waals surface area contributed by atoms with Gasteiger partial charge in [-0.1, -0.05) is 20.3 Å². The molecule has 0 atom stereocenters. The molecule has 0 heterocycles. The normalized spacial score (nSPS) is 8.22. The molecule has 0 bridgehead atoms. The zero-order valence-electron chi connectivity index (χ0n) is 6.24. The highest BCUT2D eigenvalue weighted by Gasteiger charge is 1.75. The third kappa shape index (κ3) is 7.56. The van der Waals surface area contributed by atoms with E-state index in [-0.39, 0.29) is 0 Å². The van der Waals surface area contributed by atoms with Crippen LogP contribution in [0.2, 0.25) is 0 Å². The lowest BCUT2D eigenvalue weighted by Crippen LogP contribution is -1.67. The average molecular weight is 123 g/mol. The Labute approximate surface area is 58.7 Å².